The van der Waals surface area contributed by atoms with Gasteiger partial charge in [0.15, 0.2) is 0 Å². The minimum absolute atomic E-state index is 0.147. The number of hydrogen-bond donors (Lipinski definition) is 1. The van der Waals surface area contributed by atoms with Crippen molar-refractivity contribution in [1.82, 2.24) is 10.2 Å². The SMILES string of the molecule is CC=C(C(N=[N+]=[N-])c1ccccc1)C(C)(C)N1CCNCC1. The second-order valence-electron chi connectivity index (χ2n) is 6.06. The zero-order valence-electron chi connectivity index (χ0n) is 13.7. The molecule has 2 rings (SSSR count). The number of hydrogen-bond acceptors (Lipinski definition) is 3. The van der Waals surface area contributed by atoms with E-state index in [9.17, 15) is 0 Å². The summed E-state index contributed by atoms with van der Waals surface area (Å²) in [5.74, 6) is 0. The predicted octanol–water partition coefficient (Wildman–Crippen LogP) is 3.67. The molecule has 1 aromatic carbocycles. The highest BCUT2D eigenvalue weighted by atomic mass is 15.2. The molecule has 118 valence electrons. The van der Waals surface area contributed by atoms with Crippen LogP contribution in [0.25, 0.3) is 10.4 Å². The summed E-state index contributed by atoms with van der Waals surface area (Å²) in [7, 11) is 0. The Hall–Kier alpha value is -1.81. The lowest BCUT2D eigenvalue weighted by Gasteiger charge is -2.44. The third kappa shape index (κ3) is 3.50. The Morgan fingerprint density at radius 1 is 1.32 bits per heavy atom. The molecule has 1 aromatic rings. The predicted molar refractivity (Wildman–Crippen MR) is 90.6 cm³/mol. The van der Waals surface area contributed by atoms with E-state index in [2.05, 4.69) is 40.2 Å². The lowest BCUT2D eigenvalue weighted by molar-refractivity contribution is 0.127. The smallest absolute Gasteiger partial charge is 0.0853 e. The average molecular weight is 299 g/mol. The lowest BCUT2D eigenvalue weighted by Crippen LogP contribution is -2.54. The van der Waals surface area contributed by atoms with Gasteiger partial charge in [-0.3, -0.25) is 4.90 Å². The highest BCUT2D eigenvalue weighted by molar-refractivity contribution is 5.34. The van der Waals surface area contributed by atoms with Crippen LogP contribution in [-0.2, 0) is 0 Å². The van der Waals surface area contributed by atoms with Gasteiger partial charge in [0.05, 0.1) is 6.04 Å². The second kappa shape index (κ2) is 7.45. The van der Waals surface area contributed by atoms with Crippen LogP contribution in [0.4, 0.5) is 0 Å². The monoisotopic (exact) mass is 299 g/mol. The summed E-state index contributed by atoms with van der Waals surface area (Å²) in [6.45, 7) is 10.5. The van der Waals surface area contributed by atoms with E-state index in [4.69, 9.17) is 5.53 Å². The molecule has 0 radical (unpaired) electrons. The Morgan fingerprint density at radius 3 is 2.50 bits per heavy atom. The fraction of sp³-hybridized carbons (Fsp3) is 0.529. The third-order valence-corrected chi connectivity index (χ3v) is 4.50. The van der Waals surface area contributed by atoms with Crippen molar-refractivity contribution in [3.63, 3.8) is 0 Å². The number of nitrogens with one attached hydrogen (secondary N) is 1. The van der Waals surface area contributed by atoms with Gasteiger partial charge in [0.25, 0.3) is 0 Å². The zero-order valence-corrected chi connectivity index (χ0v) is 13.7. The number of azide groups is 1. The van der Waals surface area contributed by atoms with E-state index in [-0.39, 0.29) is 11.6 Å². The van der Waals surface area contributed by atoms with Gasteiger partial charge in [-0.05, 0) is 37.4 Å². The molecular weight excluding hydrogens is 274 g/mol. The molecular formula is C17H25N5. The van der Waals surface area contributed by atoms with Crippen LogP contribution in [-0.4, -0.2) is 36.6 Å². The normalized spacial score (nSPS) is 18.6. The Morgan fingerprint density at radius 2 is 1.95 bits per heavy atom. The molecule has 1 heterocycles. The number of nitrogens with zero attached hydrogens (tertiary/aromatic N) is 4. The molecule has 0 bridgehead atoms. The van der Waals surface area contributed by atoms with Crippen molar-refractivity contribution in [2.75, 3.05) is 26.2 Å². The van der Waals surface area contributed by atoms with Gasteiger partial charge >= 0.3 is 0 Å². The summed E-state index contributed by atoms with van der Waals surface area (Å²) in [5.41, 5.74) is 11.1. The first-order chi connectivity index (χ1) is 10.6. The molecule has 1 unspecified atom stereocenters. The van der Waals surface area contributed by atoms with Crippen molar-refractivity contribution in [3.05, 3.63) is 58.0 Å². The van der Waals surface area contributed by atoms with Crippen LogP contribution >= 0.6 is 0 Å². The van der Waals surface area contributed by atoms with Gasteiger partial charge in [0, 0.05) is 36.6 Å². The lowest BCUT2D eigenvalue weighted by atomic mass is 9.83. The summed E-state index contributed by atoms with van der Waals surface area (Å²) in [4.78, 5) is 5.55. The van der Waals surface area contributed by atoms with E-state index in [0.717, 1.165) is 37.3 Å². The first kappa shape index (κ1) is 16.6. The van der Waals surface area contributed by atoms with E-state index < -0.39 is 0 Å². The zero-order chi connectivity index (χ0) is 16.0. The summed E-state index contributed by atoms with van der Waals surface area (Å²) in [6, 6.07) is 9.74. The van der Waals surface area contributed by atoms with Gasteiger partial charge < -0.3 is 5.32 Å². The van der Waals surface area contributed by atoms with Gasteiger partial charge in [-0.2, -0.15) is 0 Å². The molecule has 0 aromatic heterocycles. The molecule has 5 heteroatoms. The minimum atomic E-state index is -0.263. The van der Waals surface area contributed by atoms with Crippen molar-refractivity contribution in [2.24, 2.45) is 5.11 Å². The van der Waals surface area contributed by atoms with Gasteiger partial charge in [-0.1, -0.05) is 41.5 Å². The first-order valence-corrected chi connectivity index (χ1v) is 7.83. The van der Waals surface area contributed by atoms with Crippen molar-refractivity contribution in [2.45, 2.75) is 32.4 Å². The molecule has 0 amide bonds. The first-order valence-electron chi connectivity index (χ1n) is 7.83. The summed E-state index contributed by atoms with van der Waals surface area (Å²) in [6.07, 6.45) is 2.11. The standard InChI is InChI=1S/C17H25N5/c1-4-15(17(2,3)22-12-10-19-11-13-22)16(20-21-18)14-8-6-5-7-9-14/h4-9,16,19H,10-13H2,1-3H3. The number of allylic oxidation sites excluding steroid dienone is 1. The van der Waals surface area contributed by atoms with Crippen molar-refractivity contribution in [1.29, 1.82) is 0 Å². The second-order valence-corrected chi connectivity index (χ2v) is 6.06. The molecule has 1 aliphatic heterocycles. The Labute approximate surface area is 132 Å². The van der Waals surface area contributed by atoms with Crippen LogP contribution < -0.4 is 5.32 Å². The molecule has 1 saturated heterocycles. The third-order valence-electron chi connectivity index (χ3n) is 4.50. The highest BCUT2D eigenvalue weighted by Gasteiger charge is 2.35. The number of piperazine rings is 1. The van der Waals surface area contributed by atoms with E-state index >= 15 is 0 Å². The van der Waals surface area contributed by atoms with Crippen LogP contribution in [0.5, 0.6) is 0 Å². The van der Waals surface area contributed by atoms with E-state index in [1.165, 1.54) is 0 Å². The fourth-order valence-corrected chi connectivity index (χ4v) is 3.25. The summed E-state index contributed by atoms with van der Waals surface area (Å²) >= 11 is 0. The molecule has 1 atom stereocenters. The molecule has 1 N–H and O–H groups in total. The van der Waals surface area contributed by atoms with Gasteiger partial charge in [0.1, 0.15) is 0 Å². The highest BCUT2D eigenvalue weighted by Crippen LogP contribution is 2.37. The molecule has 0 aliphatic carbocycles. The van der Waals surface area contributed by atoms with Crippen LogP contribution in [0.15, 0.2) is 47.1 Å². The Balaban J connectivity index is 2.37. The van der Waals surface area contributed by atoms with Gasteiger partial charge in [0.2, 0.25) is 0 Å². The maximum atomic E-state index is 9.03. The molecule has 0 saturated carbocycles. The summed E-state index contributed by atoms with van der Waals surface area (Å²) in [5, 5.41) is 7.48. The van der Waals surface area contributed by atoms with Crippen LogP contribution in [0, 0.1) is 0 Å². The maximum Gasteiger partial charge on any atom is 0.0853 e. The van der Waals surface area contributed by atoms with E-state index in [0.29, 0.717) is 0 Å². The largest absolute Gasteiger partial charge is 0.314 e. The summed E-state index contributed by atoms with van der Waals surface area (Å²) < 4.78 is 0. The minimum Gasteiger partial charge on any atom is -0.314 e. The van der Waals surface area contributed by atoms with Crippen LogP contribution in [0.2, 0.25) is 0 Å². The van der Waals surface area contributed by atoms with Gasteiger partial charge in [-0.25, -0.2) is 0 Å². The molecule has 0 spiro atoms. The average Bonchev–Trinajstić information content (AvgIpc) is 2.56. The van der Waals surface area contributed by atoms with E-state index in [1.807, 2.05) is 37.3 Å². The molecule has 5 nitrogen and oxygen atoms in total. The van der Waals surface area contributed by atoms with Crippen molar-refractivity contribution >= 4 is 0 Å². The number of benzene rings is 1. The van der Waals surface area contributed by atoms with Crippen molar-refractivity contribution < 1.29 is 0 Å². The molecule has 1 fully saturated rings. The number of rotatable bonds is 5. The van der Waals surface area contributed by atoms with E-state index in [1.54, 1.807) is 0 Å². The van der Waals surface area contributed by atoms with Crippen LogP contribution in [0.3, 0.4) is 0 Å². The Kier molecular flexibility index (Phi) is 5.61. The Bertz CT molecular complexity index is 552. The molecule has 22 heavy (non-hydrogen) atoms. The van der Waals surface area contributed by atoms with Gasteiger partial charge in [-0.15, -0.1) is 0 Å². The van der Waals surface area contributed by atoms with Crippen LogP contribution in [0.1, 0.15) is 32.4 Å². The fourth-order valence-electron chi connectivity index (χ4n) is 3.25. The topological polar surface area (TPSA) is 64.0 Å². The quantitative estimate of drug-likeness (QED) is 0.390. The maximum absolute atomic E-state index is 9.03. The molecule has 1 aliphatic rings. The van der Waals surface area contributed by atoms with Crippen molar-refractivity contribution in [3.8, 4) is 0 Å².